The number of ketones is 1. The van der Waals surface area contributed by atoms with Crippen LogP contribution in [-0.4, -0.2) is 19.0 Å². The number of aryl methyl sites for hydroxylation is 1. The Bertz CT molecular complexity index is 374. The highest BCUT2D eigenvalue weighted by Gasteiger charge is 2.28. The van der Waals surface area contributed by atoms with Gasteiger partial charge in [0.2, 0.25) is 0 Å². The minimum Gasteiger partial charge on any atom is -0.381 e. The van der Waals surface area contributed by atoms with E-state index in [1.54, 1.807) is 6.92 Å². The minimum atomic E-state index is 0.0551. The quantitative estimate of drug-likeness (QED) is 0.800. The molecule has 1 atom stereocenters. The maximum absolute atomic E-state index is 11.9. The predicted molar refractivity (Wildman–Crippen MR) is 68.1 cm³/mol. The van der Waals surface area contributed by atoms with E-state index in [-0.39, 0.29) is 11.7 Å². The van der Waals surface area contributed by atoms with E-state index in [1.807, 2.05) is 0 Å². The average molecular weight is 232 g/mol. The molecule has 92 valence electrons. The van der Waals surface area contributed by atoms with Crippen LogP contribution in [0.15, 0.2) is 24.3 Å². The molecule has 0 bridgehead atoms. The maximum atomic E-state index is 11.9. The molecule has 0 N–H and O–H groups in total. The molecule has 2 nitrogen and oxygen atoms in total. The fraction of sp³-hybridized carbons (Fsp3) is 0.533. The molecule has 0 aromatic heterocycles. The number of Topliss-reactive ketones (excluding diaryl/α,β-unsaturated/α-hetero) is 1. The van der Waals surface area contributed by atoms with E-state index in [1.165, 1.54) is 5.56 Å². The average Bonchev–Trinajstić information content (AvgIpc) is 2.33. The monoisotopic (exact) mass is 232 g/mol. The van der Waals surface area contributed by atoms with E-state index in [0.29, 0.717) is 5.92 Å². The summed E-state index contributed by atoms with van der Waals surface area (Å²) in [5.41, 5.74) is 2.40. The molecule has 0 radical (unpaired) electrons. The van der Waals surface area contributed by atoms with Crippen LogP contribution in [0.4, 0.5) is 0 Å². The first-order valence-corrected chi connectivity index (χ1v) is 6.33. The molecule has 0 saturated carbocycles. The number of carbonyl (C=O) groups excluding carboxylic acids is 1. The second kappa shape index (κ2) is 5.46. The lowest BCUT2D eigenvalue weighted by Gasteiger charge is -2.29. The van der Waals surface area contributed by atoms with Crippen molar-refractivity contribution in [1.29, 1.82) is 0 Å². The molecular formula is C15H20O2. The molecule has 0 amide bonds. The summed E-state index contributed by atoms with van der Waals surface area (Å²) in [5, 5.41) is 0. The molecule has 1 aliphatic rings. The molecule has 2 rings (SSSR count). The van der Waals surface area contributed by atoms with Gasteiger partial charge in [-0.05, 0) is 38.2 Å². The molecule has 2 heteroatoms. The fourth-order valence-electron chi connectivity index (χ4n) is 2.66. The fourth-order valence-corrected chi connectivity index (χ4v) is 2.66. The van der Waals surface area contributed by atoms with E-state index in [4.69, 9.17) is 4.74 Å². The van der Waals surface area contributed by atoms with Gasteiger partial charge in [-0.25, -0.2) is 0 Å². The molecule has 0 aliphatic carbocycles. The normalized spacial score (nSPS) is 18.9. The summed E-state index contributed by atoms with van der Waals surface area (Å²) >= 11 is 0. The molecule has 1 fully saturated rings. The van der Waals surface area contributed by atoms with Crippen LogP contribution in [0.5, 0.6) is 0 Å². The Morgan fingerprint density at radius 1 is 1.24 bits per heavy atom. The highest BCUT2D eigenvalue weighted by Crippen LogP contribution is 2.32. The van der Waals surface area contributed by atoms with Crippen molar-refractivity contribution in [3.63, 3.8) is 0 Å². The van der Waals surface area contributed by atoms with Crippen LogP contribution in [0, 0.1) is 12.8 Å². The van der Waals surface area contributed by atoms with E-state index < -0.39 is 0 Å². The van der Waals surface area contributed by atoms with Gasteiger partial charge in [0.05, 0.1) is 0 Å². The second-order valence-electron chi connectivity index (χ2n) is 4.95. The number of hydrogen-bond acceptors (Lipinski definition) is 2. The second-order valence-corrected chi connectivity index (χ2v) is 4.95. The molecule has 1 heterocycles. The first-order valence-electron chi connectivity index (χ1n) is 6.33. The topological polar surface area (TPSA) is 26.3 Å². The third-order valence-electron chi connectivity index (χ3n) is 3.61. The Labute approximate surface area is 103 Å². The van der Waals surface area contributed by atoms with Crippen molar-refractivity contribution in [2.75, 3.05) is 13.2 Å². The summed E-state index contributed by atoms with van der Waals surface area (Å²) in [6.45, 7) is 5.36. The molecule has 17 heavy (non-hydrogen) atoms. The standard InChI is InChI=1S/C15H20O2/c1-11-3-5-13(6-4-11)15(12(2)16)14-7-9-17-10-8-14/h3-6,14-15H,7-10H2,1-2H3. The van der Waals surface area contributed by atoms with Crippen LogP contribution >= 0.6 is 0 Å². The van der Waals surface area contributed by atoms with Gasteiger partial charge in [-0.15, -0.1) is 0 Å². The van der Waals surface area contributed by atoms with Crippen molar-refractivity contribution in [1.82, 2.24) is 0 Å². The summed E-state index contributed by atoms with van der Waals surface area (Å²) in [6, 6.07) is 8.36. The van der Waals surface area contributed by atoms with E-state index in [2.05, 4.69) is 31.2 Å². The van der Waals surface area contributed by atoms with Crippen molar-refractivity contribution in [3.05, 3.63) is 35.4 Å². The molecular weight excluding hydrogens is 212 g/mol. The van der Waals surface area contributed by atoms with Gasteiger partial charge in [0.15, 0.2) is 0 Å². The van der Waals surface area contributed by atoms with Crippen molar-refractivity contribution in [2.45, 2.75) is 32.6 Å². The highest BCUT2D eigenvalue weighted by atomic mass is 16.5. The zero-order valence-electron chi connectivity index (χ0n) is 10.6. The lowest BCUT2D eigenvalue weighted by molar-refractivity contribution is -0.120. The van der Waals surface area contributed by atoms with Crippen molar-refractivity contribution in [2.24, 2.45) is 5.92 Å². The van der Waals surface area contributed by atoms with Gasteiger partial charge >= 0.3 is 0 Å². The molecule has 1 aliphatic heterocycles. The lowest BCUT2D eigenvalue weighted by atomic mass is 9.79. The van der Waals surface area contributed by atoms with Gasteiger partial charge in [0.1, 0.15) is 5.78 Å². The van der Waals surface area contributed by atoms with Gasteiger partial charge in [-0.3, -0.25) is 4.79 Å². The lowest BCUT2D eigenvalue weighted by Crippen LogP contribution is -2.26. The van der Waals surface area contributed by atoms with Crippen molar-refractivity contribution >= 4 is 5.78 Å². The van der Waals surface area contributed by atoms with Gasteiger partial charge in [-0.2, -0.15) is 0 Å². The van der Waals surface area contributed by atoms with Gasteiger partial charge in [0.25, 0.3) is 0 Å². The Balaban J connectivity index is 2.21. The van der Waals surface area contributed by atoms with Crippen LogP contribution in [-0.2, 0) is 9.53 Å². The van der Waals surface area contributed by atoms with Crippen molar-refractivity contribution < 1.29 is 9.53 Å². The summed E-state index contributed by atoms with van der Waals surface area (Å²) < 4.78 is 5.37. The van der Waals surface area contributed by atoms with Gasteiger partial charge in [0, 0.05) is 19.1 Å². The van der Waals surface area contributed by atoms with E-state index in [0.717, 1.165) is 31.6 Å². The molecule has 1 aromatic carbocycles. The zero-order valence-corrected chi connectivity index (χ0v) is 10.6. The number of rotatable bonds is 3. The van der Waals surface area contributed by atoms with Gasteiger partial charge in [-0.1, -0.05) is 29.8 Å². The molecule has 1 aromatic rings. The SMILES string of the molecule is CC(=O)C(c1ccc(C)cc1)C1CCOCC1. The zero-order chi connectivity index (χ0) is 12.3. The Morgan fingerprint density at radius 3 is 2.35 bits per heavy atom. The number of benzene rings is 1. The first-order chi connectivity index (χ1) is 8.18. The van der Waals surface area contributed by atoms with Crippen LogP contribution in [0.2, 0.25) is 0 Å². The Hall–Kier alpha value is -1.15. The predicted octanol–water partition coefficient (Wildman–Crippen LogP) is 3.09. The van der Waals surface area contributed by atoms with E-state index in [9.17, 15) is 4.79 Å². The smallest absolute Gasteiger partial charge is 0.137 e. The first kappa shape index (κ1) is 12.3. The molecule has 1 saturated heterocycles. The summed E-state index contributed by atoms with van der Waals surface area (Å²) in [4.78, 5) is 11.9. The third kappa shape index (κ3) is 2.95. The van der Waals surface area contributed by atoms with Gasteiger partial charge < -0.3 is 4.74 Å². The summed E-state index contributed by atoms with van der Waals surface area (Å²) in [5.74, 6) is 0.782. The molecule has 0 spiro atoms. The largest absolute Gasteiger partial charge is 0.381 e. The minimum absolute atomic E-state index is 0.0551. The van der Waals surface area contributed by atoms with Crippen molar-refractivity contribution in [3.8, 4) is 0 Å². The Morgan fingerprint density at radius 2 is 1.82 bits per heavy atom. The number of ether oxygens (including phenoxy) is 1. The van der Waals surface area contributed by atoms with E-state index >= 15 is 0 Å². The third-order valence-corrected chi connectivity index (χ3v) is 3.61. The van der Waals surface area contributed by atoms with Crippen LogP contribution < -0.4 is 0 Å². The Kier molecular flexibility index (Phi) is 3.95. The van der Waals surface area contributed by atoms with Crippen LogP contribution in [0.1, 0.15) is 36.8 Å². The molecule has 1 unspecified atom stereocenters. The van der Waals surface area contributed by atoms with Crippen LogP contribution in [0.25, 0.3) is 0 Å². The maximum Gasteiger partial charge on any atom is 0.137 e. The highest BCUT2D eigenvalue weighted by molar-refractivity contribution is 5.83. The summed E-state index contributed by atoms with van der Waals surface area (Å²) in [7, 11) is 0. The summed E-state index contributed by atoms with van der Waals surface area (Å²) in [6.07, 6.45) is 2.00. The van der Waals surface area contributed by atoms with Crippen LogP contribution in [0.3, 0.4) is 0 Å². The number of hydrogen-bond donors (Lipinski definition) is 0. The number of carbonyl (C=O) groups is 1.